The Bertz CT molecular complexity index is 955. The van der Waals surface area contributed by atoms with E-state index in [1.165, 1.54) is 24.8 Å². The van der Waals surface area contributed by atoms with E-state index in [2.05, 4.69) is 20.5 Å². The van der Waals surface area contributed by atoms with E-state index in [1.807, 2.05) is 18.2 Å². The summed E-state index contributed by atoms with van der Waals surface area (Å²) in [5.74, 6) is -0.223. The molecule has 0 atom stereocenters. The summed E-state index contributed by atoms with van der Waals surface area (Å²) in [5.41, 5.74) is 2.47. The second-order valence-electron chi connectivity index (χ2n) is 5.51. The van der Waals surface area contributed by atoms with Crippen LogP contribution in [0.15, 0.2) is 53.7 Å². The molecule has 8 heteroatoms. The van der Waals surface area contributed by atoms with Crippen molar-refractivity contribution in [2.75, 3.05) is 5.32 Å². The topological polar surface area (TPSA) is 111 Å². The highest BCUT2D eigenvalue weighted by molar-refractivity contribution is 7.98. The van der Waals surface area contributed by atoms with E-state index in [9.17, 15) is 14.7 Å². The lowest BCUT2D eigenvalue weighted by atomic mass is 10.1. The summed E-state index contributed by atoms with van der Waals surface area (Å²) >= 11 is 1.39. The van der Waals surface area contributed by atoms with Gasteiger partial charge in [0.2, 0.25) is 11.1 Å². The summed E-state index contributed by atoms with van der Waals surface area (Å²) in [6, 6.07) is 13.9. The van der Waals surface area contributed by atoms with Gasteiger partial charge in [0.05, 0.1) is 5.97 Å². The van der Waals surface area contributed by atoms with E-state index >= 15 is 0 Å². The predicted octanol–water partition coefficient (Wildman–Crippen LogP) is 2.09. The molecular weight excluding hydrogens is 352 g/mol. The minimum absolute atomic E-state index is 0.144. The number of nitrogens with one attached hydrogen (secondary N) is 2. The maximum absolute atomic E-state index is 11.2. The number of aromatic carboxylic acids is 1. The first-order valence-corrected chi connectivity index (χ1v) is 8.73. The fourth-order valence-electron chi connectivity index (χ4n) is 2.32. The second kappa shape index (κ2) is 7.83. The van der Waals surface area contributed by atoms with Gasteiger partial charge in [-0.1, -0.05) is 42.1 Å². The molecule has 0 radical (unpaired) electrons. The molecule has 0 aliphatic rings. The van der Waals surface area contributed by atoms with Gasteiger partial charge in [-0.05, 0) is 29.3 Å². The van der Waals surface area contributed by atoms with Gasteiger partial charge < -0.3 is 15.2 Å². The van der Waals surface area contributed by atoms with Gasteiger partial charge in [-0.2, -0.15) is 0 Å². The maximum atomic E-state index is 11.2. The molecular formula is C18H15N4O3S-. The number of rotatable bonds is 6. The summed E-state index contributed by atoms with van der Waals surface area (Å²) in [6.07, 6.45) is 0. The summed E-state index contributed by atoms with van der Waals surface area (Å²) in [7, 11) is 0. The van der Waals surface area contributed by atoms with E-state index < -0.39 is 5.97 Å². The van der Waals surface area contributed by atoms with Crippen molar-refractivity contribution in [3.8, 4) is 11.4 Å². The van der Waals surface area contributed by atoms with Crippen LogP contribution in [0, 0.1) is 0 Å². The van der Waals surface area contributed by atoms with E-state index in [0.717, 1.165) is 11.1 Å². The molecule has 0 saturated heterocycles. The lowest BCUT2D eigenvalue weighted by molar-refractivity contribution is -0.255. The molecule has 3 rings (SSSR count). The molecule has 1 aromatic heterocycles. The number of thioether (sulfide) groups is 1. The molecule has 1 heterocycles. The molecule has 0 unspecified atom stereocenters. The smallest absolute Gasteiger partial charge is 0.221 e. The van der Waals surface area contributed by atoms with Crippen LogP contribution in [0.4, 0.5) is 5.69 Å². The zero-order valence-electron chi connectivity index (χ0n) is 13.9. The number of nitrogens with zero attached hydrogens (tertiary/aromatic N) is 2. The number of carboxylic acids is 1. The molecule has 7 nitrogen and oxygen atoms in total. The lowest BCUT2D eigenvalue weighted by Gasteiger charge is -2.04. The summed E-state index contributed by atoms with van der Waals surface area (Å²) in [6.45, 7) is 1.45. The monoisotopic (exact) mass is 367 g/mol. The fraction of sp³-hybridized carbons (Fsp3) is 0.111. The molecule has 0 fully saturated rings. The molecule has 0 bridgehead atoms. The number of hydrogen-bond acceptors (Lipinski definition) is 6. The van der Waals surface area contributed by atoms with Crippen molar-refractivity contribution in [3.05, 3.63) is 59.7 Å². The van der Waals surface area contributed by atoms with Crippen molar-refractivity contribution in [1.82, 2.24) is 15.2 Å². The highest BCUT2D eigenvalue weighted by Crippen LogP contribution is 2.24. The number of carboxylic acid groups (broad SMARTS) is 1. The summed E-state index contributed by atoms with van der Waals surface area (Å²) < 4.78 is 0. The van der Waals surface area contributed by atoms with Crippen LogP contribution in [0.1, 0.15) is 22.8 Å². The molecule has 0 spiro atoms. The molecule has 3 aromatic rings. The van der Waals surface area contributed by atoms with Crippen LogP contribution in [-0.2, 0) is 10.5 Å². The second-order valence-corrected chi connectivity index (χ2v) is 6.45. The third-order valence-corrected chi connectivity index (χ3v) is 4.37. The number of carbonyl (C=O) groups is 2. The van der Waals surface area contributed by atoms with E-state index in [1.54, 1.807) is 24.3 Å². The van der Waals surface area contributed by atoms with Gasteiger partial charge in [0.15, 0.2) is 5.82 Å². The van der Waals surface area contributed by atoms with Gasteiger partial charge in [0, 0.05) is 23.9 Å². The zero-order valence-corrected chi connectivity index (χ0v) is 14.7. The minimum Gasteiger partial charge on any atom is -0.545 e. The molecule has 1 amide bonds. The fourth-order valence-corrected chi connectivity index (χ4v) is 3.06. The molecule has 2 aromatic carbocycles. The van der Waals surface area contributed by atoms with Crippen LogP contribution in [0.5, 0.6) is 0 Å². The number of benzene rings is 2. The normalized spacial score (nSPS) is 10.5. The Balaban J connectivity index is 1.69. The van der Waals surface area contributed by atoms with Gasteiger partial charge in [0.25, 0.3) is 0 Å². The molecule has 132 valence electrons. The number of carbonyl (C=O) groups excluding carboxylic acids is 2. The Labute approximate surface area is 153 Å². The van der Waals surface area contributed by atoms with Crippen LogP contribution in [-0.4, -0.2) is 27.1 Å². The number of anilines is 1. The quantitative estimate of drug-likeness (QED) is 0.646. The Morgan fingerprint density at radius 2 is 2.00 bits per heavy atom. The molecule has 0 saturated carbocycles. The van der Waals surface area contributed by atoms with Crippen LogP contribution in [0.3, 0.4) is 0 Å². The van der Waals surface area contributed by atoms with Gasteiger partial charge >= 0.3 is 0 Å². The van der Waals surface area contributed by atoms with E-state index in [-0.39, 0.29) is 11.5 Å². The number of hydrogen-bond donors (Lipinski definition) is 2. The first kappa shape index (κ1) is 17.7. The number of aromatic amines is 1. The van der Waals surface area contributed by atoms with Gasteiger partial charge in [-0.3, -0.25) is 9.89 Å². The van der Waals surface area contributed by atoms with Gasteiger partial charge in [0.1, 0.15) is 0 Å². The Morgan fingerprint density at radius 3 is 2.77 bits per heavy atom. The lowest BCUT2D eigenvalue weighted by Crippen LogP contribution is -2.22. The number of H-pyrrole nitrogens is 1. The van der Waals surface area contributed by atoms with Crippen molar-refractivity contribution in [2.24, 2.45) is 0 Å². The third-order valence-electron chi connectivity index (χ3n) is 3.45. The van der Waals surface area contributed by atoms with Crippen LogP contribution >= 0.6 is 11.8 Å². The SMILES string of the molecule is CC(=O)Nc1cccc(-c2nc(SCc3cccc(C(=O)[O-])c3)n[nH]2)c1. The van der Waals surface area contributed by atoms with Crippen molar-refractivity contribution >= 4 is 29.3 Å². The van der Waals surface area contributed by atoms with Crippen LogP contribution in [0.2, 0.25) is 0 Å². The highest BCUT2D eigenvalue weighted by atomic mass is 32.2. The van der Waals surface area contributed by atoms with Crippen molar-refractivity contribution in [2.45, 2.75) is 17.8 Å². The van der Waals surface area contributed by atoms with Crippen LogP contribution < -0.4 is 10.4 Å². The predicted molar refractivity (Wildman–Crippen MR) is 96.5 cm³/mol. The summed E-state index contributed by atoms with van der Waals surface area (Å²) in [4.78, 5) is 26.5. The van der Waals surface area contributed by atoms with Crippen molar-refractivity contribution in [3.63, 3.8) is 0 Å². The first-order valence-electron chi connectivity index (χ1n) is 7.75. The van der Waals surface area contributed by atoms with Crippen molar-refractivity contribution < 1.29 is 14.7 Å². The molecule has 2 N–H and O–H groups in total. The van der Waals surface area contributed by atoms with Crippen LogP contribution in [0.25, 0.3) is 11.4 Å². The van der Waals surface area contributed by atoms with Crippen molar-refractivity contribution in [1.29, 1.82) is 0 Å². The Hall–Kier alpha value is -3.13. The average molecular weight is 367 g/mol. The number of aromatic nitrogens is 3. The molecule has 26 heavy (non-hydrogen) atoms. The summed E-state index contributed by atoms with van der Waals surface area (Å²) in [5, 5.41) is 21.2. The minimum atomic E-state index is -1.20. The number of amides is 1. The van der Waals surface area contributed by atoms with Gasteiger partial charge in [-0.15, -0.1) is 5.10 Å². The van der Waals surface area contributed by atoms with E-state index in [4.69, 9.17) is 0 Å². The van der Waals surface area contributed by atoms with Gasteiger partial charge in [-0.25, -0.2) is 4.98 Å². The maximum Gasteiger partial charge on any atom is 0.221 e. The molecule has 0 aliphatic heterocycles. The Kier molecular flexibility index (Phi) is 5.33. The van der Waals surface area contributed by atoms with E-state index in [0.29, 0.717) is 22.4 Å². The standard InChI is InChI=1S/C18H16N4O3S/c1-11(23)19-15-7-3-5-13(9-15)16-20-18(22-21-16)26-10-12-4-2-6-14(8-12)17(24)25/h2-9H,10H2,1H3,(H,19,23)(H,24,25)(H,20,21,22)/p-1. The molecule has 0 aliphatic carbocycles. The highest BCUT2D eigenvalue weighted by Gasteiger charge is 2.08. The largest absolute Gasteiger partial charge is 0.545 e. The third kappa shape index (κ3) is 4.48. The Morgan fingerprint density at radius 1 is 1.19 bits per heavy atom. The average Bonchev–Trinajstić information content (AvgIpc) is 3.09. The first-order chi connectivity index (χ1) is 12.5. The zero-order chi connectivity index (χ0) is 18.5.